The second-order valence-corrected chi connectivity index (χ2v) is 7.05. The molecule has 0 aliphatic heterocycles. The average molecular weight is 398 g/mol. The van der Waals surface area contributed by atoms with Gasteiger partial charge in [-0.15, -0.1) is 0 Å². The number of para-hydroxylation sites is 1. The molecule has 0 aliphatic carbocycles. The summed E-state index contributed by atoms with van der Waals surface area (Å²) >= 11 is 0. The molecule has 0 fully saturated rings. The highest BCUT2D eigenvalue weighted by molar-refractivity contribution is 5.97. The lowest BCUT2D eigenvalue weighted by Crippen LogP contribution is -2.43. The lowest BCUT2D eigenvalue weighted by atomic mass is 10.0. The predicted molar refractivity (Wildman–Crippen MR) is 116 cm³/mol. The Morgan fingerprint density at radius 1 is 0.867 bits per heavy atom. The summed E-state index contributed by atoms with van der Waals surface area (Å²) in [4.78, 5) is 28.8. The third-order valence-electron chi connectivity index (χ3n) is 4.95. The zero-order chi connectivity index (χ0) is 20.8. The molecule has 0 radical (unpaired) electrons. The van der Waals surface area contributed by atoms with Gasteiger partial charge in [0.15, 0.2) is 0 Å². The third kappa shape index (κ3) is 4.58. The Labute approximate surface area is 174 Å². The molecule has 4 aromatic rings. The number of carbonyl (C=O) groups is 2. The first kappa shape index (κ1) is 19.5. The molecule has 3 aromatic carbocycles. The fourth-order valence-electron chi connectivity index (χ4n) is 3.37. The van der Waals surface area contributed by atoms with Crippen LogP contribution in [-0.4, -0.2) is 22.9 Å². The number of aromatic amines is 1. The summed E-state index contributed by atoms with van der Waals surface area (Å²) in [5, 5.41) is 3.87. The van der Waals surface area contributed by atoms with E-state index in [1.54, 1.807) is 24.3 Å². The molecule has 1 amide bonds. The van der Waals surface area contributed by atoms with Gasteiger partial charge in [0.25, 0.3) is 5.91 Å². The van der Waals surface area contributed by atoms with Gasteiger partial charge in [-0.25, -0.2) is 4.79 Å². The molecular weight excluding hydrogens is 376 g/mol. The molecule has 2 N–H and O–H groups in total. The highest BCUT2D eigenvalue weighted by Gasteiger charge is 2.24. The molecule has 0 spiro atoms. The van der Waals surface area contributed by atoms with E-state index in [0.29, 0.717) is 12.0 Å². The van der Waals surface area contributed by atoms with E-state index in [2.05, 4.69) is 10.3 Å². The van der Waals surface area contributed by atoms with Crippen LogP contribution in [0.5, 0.6) is 0 Å². The normalized spacial score (nSPS) is 11.7. The average Bonchev–Trinajstić information content (AvgIpc) is 3.21. The Bertz CT molecular complexity index is 1140. The Hall–Kier alpha value is -3.86. The van der Waals surface area contributed by atoms with Gasteiger partial charge in [-0.3, -0.25) is 4.79 Å². The molecule has 4 rings (SSSR count). The Balaban J connectivity index is 1.53. The first-order chi connectivity index (χ1) is 14.7. The van der Waals surface area contributed by atoms with Crippen molar-refractivity contribution in [1.29, 1.82) is 0 Å². The van der Waals surface area contributed by atoms with E-state index in [1.807, 2.05) is 66.9 Å². The number of hydrogen-bond acceptors (Lipinski definition) is 3. The molecule has 1 heterocycles. The number of fused-ring (bicyclic) bond motifs is 1. The Morgan fingerprint density at radius 3 is 2.30 bits per heavy atom. The van der Waals surface area contributed by atoms with Crippen molar-refractivity contribution >= 4 is 22.8 Å². The molecule has 1 atom stereocenters. The van der Waals surface area contributed by atoms with Crippen LogP contribution in [0.3, 0.4) is 0 Å². The van der Waals surface area contributed by atoms with Crippen LogP contribution in [0.25, 0.3) is 10.9 Å². The molecule has 0 bridgehead atoms. The number of benzene rings is 3. The van der Waals surface area contributed by atoms with E-state index >= 15 is 0 Å². The van der Waals surface area contributed by atoms with Crippen molar-refractivity contribution in [3.05, 3.63) is 108 Å². The van der Waals surface area contributed by atoms with Crippen molar-refractivity contribution < 1.29 is 14.3 Å². The summed E-state index contributed by atoms with van der Waals surface area (Å²) in [6.45, 7) is 0.158. The van der Waals surface area contributed by atoms with Gasteiger partial charge in [-0.05, 0) is 29.3 Å². The summed E-state index contributed by atoms with van der Waals surface area (Å²) in [5.41, 5.74) is 3.32. The van der Waals surface area contributed by atoms with Gasteiger partial charge in [-0.2, -0.15) is 0 Å². The maximum absolute atomic E-state index is 12.9. The summed E-state index contributed by atoms with van der Waals surface area (Å²) in [6, 6.07) is 25.4. The van der Waals surface area contributed by atoms with Gasteiger partial charge >= 0.3 is 5.97 Å². The van der Waals surface area contributed by atoms with Gasteiger partial charge in [0.1, 0.15) is 12.6 Å². The summed E-state index contributed by atoms with van der Waals surface area (Å²) < 4.78 is 5.52. The molecule has 0 saturated carbocycles. The minimum absolute atomic E-state index is 0.158. The Morgan fingerprint density at radius 2 is 1.53 bits per heavy atom. The van der Waals surface area contributed by atoms with Gasteiger partial charge in [0.2, 0.25) is 0 Å². The highest BCUT2D eigenvalue weighted by atomic mass is 16.5. The monoisotopic (exact) mass is 398 g/mol. The number of H-pyrrole nitrogens is 1. The number of hydrogen-bond donors (Lipinski definition) is 2. The molecule has 0 saturated heterocycles. The Kier molecular flexibility index (Phi) is 5.90. The maximum Gasteiger partial charge on any atom is 0.329 e. The van der Waals surface area contributed by atoms with Crippen LogP contribution in [0.15, 0.2) is 91.1 Å². The second-order valence-electron chi connectivity index (χ2n) is 7.05. The van der Waals surface area contributed by atoms with Crippen LogP contribution in [-0.2, 0) is 22.6 Å². The fourth-order valence-corrected chi connectivity index (χ4v) is 3.37. The third-order valence-corrected chi connectivity index (χ3v) is 4.95. The number of esters is 1. The lowest BCUT2D eigenvalue weighted by molar-refractivity contribution is -0.147. The van der Waals surface area contributed by atoms with Crippen molar-refractivity contribution in [3.63, 3.8) is 0 Å². The fraction of sp³-hybridized carbons (Fsp3) is 0.120. The molecular formula is C25H22N2O3. The minimum atomic E-state index is -0.805. The molecule has 1 unspecified atom stereocenters. The maximum atomic E-state index is 12.9. The zero-order valence-corrected chi connectivity index (χ0v) is 16.4. The number of aromatic nitrogens is 1. The van der Waals surface area contributed by atoms with E-state index in [0.717, 1.165) is 22.0 Å². The smallest absolute Gasteiger partial charge is 0.329 e. The molecule has 5 heteroatoms. The van der Waals surface area contributed by atoms with Crippen molar-refractivity contribution in [2.45, 2.75) is 19.1 Å². The van der Waals surface area contributed by atoms with E-state index in [1.165, 1.54) is 0 Å². The van der Waals surface area contributed by atoms with Crippen LogP contribution in [0, 0.1) is 0 Å². The van der Waals surface area contributed by atoms with Gasteiger partial charge in [-0.1, -0.05) is 66.7 Å². The van der Waals surface area contributed by atoms with E-state index in [-0.39, 0.29) is 12.5 Å². The van der Waals surface area contributed by atoms with Crippen molar-refractivity contribution in [3.8, 4) is 0 Å². The van der Waals surface area contributed by atoms with Gasteiger partial charge in [0, 0.05) is 29.1 Å². The number of rotatable bonds is 7. The largest absolute Gasteiger partial charge is 0.459 e. The lowest BCUT2D eigenvalue weighted by Gasteiger charge is -2.18. The van der Waals surface area contributed by atoms with Gasteiger partial charge in [0.05, 0.1) is 0 Å². The number of amides is 1. The standard InChI is InChI=1S/C25H22N2O3/c28-24(19-11-5-2-6-12-19)27-23(25(29)30-17-18-9-3-1-4-10-18)15-20-16-26-22-14-8-7-13-21(20)22/h1-14,16,23,26H,15,17H2,(H,27,28). The van der Waals surface area contributed by atoms with E-state index in [4.69, 9.17) is 4.74 Å². The molecule has 1 aromatic heterocycles. The zero-order valence-electron chi connectivity index (χ0n) is 16.4. The van der Waals surface area contributed by atoms with Crippen LogP contribution < -0.4 is 5.32 Å². The summed E-state index contributed by atoms with van der Waals surface area (Å²) in [5.74, 6) is -0.773. The molecule has 5 nitrogen and oxygen atoms in total. The van der Waals surface area contributed by atoms with Crippen molar-refractivity contribution in [2.75, 3.05) is 0 Å². The SMILES string of the molecule is O=C(NC(Cc1c[nH]c2ccccc12)C(=O)OCc1ccccc1)c1ccccc1. The van der Waals surface area contributed by atoms with Crippen molar-refractivity contribution in [2.24, 2.45) is 0 Å². The summed E-state index contributed by atoms with van der Waals surface area (Å²) in [6.07, 6.45) is 2.20. The number of nitrogens with one attached hydrogen (secondary N) is 2. The highest BCUT2D eigenvalue weighted by Crippen LogP contribution is 2.20. The number of carbonyl (C=O) groups excluding carboxylic acids is 2. The van der Waals surface area contributed by atoms with E-state index < -0.39 is 12.0 Å². The minimum Gasteiger partial charge on any atom is -0.459 e. The summed E-state index contributed by atoms with van der Waals surface area (Å²) in [7, 11) is 0. The quantitative estimate of drug-likeness (QED) is 0.457. The molecule has 150 valence electrons. The van der Waals surface area contributed by atoms with Crippen LogP contribution in [0.2, 0.25) is 0 Å². The molecule has 30 heavy (non-hydrogen) atoms. The first-order valence-corrected chi connectivity index (χ1v) is 9.82. The van der Waals surface area contributed by atoms with Crippen LogP contribution in [0.1, 0.15) is 21.5 Å². The second kappa shape index (κ2) is 9.09. The molecule has 0 aliphatic rings. The predicted octanol–water partition coefficient (Wildman–Crippen LogP) is 4.25. The van der Waals surface area contributed by atoms with Crippen LogP contribution >= 0.6 is 0 Å². The van der Waals surface area contributed by atoms with Crippen molar-refractivity contribution in [1.82, 2.24) is 10.3 Å². The van der Waals surface area contributed by atoms with Gasteiger partial charge < -0.3 is 15.0 Å². The number of ether oxygens (including phenoxy) is 1. The first-order valence-electron chi connectivity index (χ1n) is 9.82. The topological polar surface area (TPSA) is 71.2 Å². The van der Waals surface area contributed by atoms with E-state index in [9.17, 15) is 9.59 Å². The van der Waals surface area contributed by atoms with Crippen LogP contribution in [0.4, 0.5) is 0 Å².